The van der Waals surface area contributed by atoms with Gasteiger partial charge in [-0.3, -0.25) is 0 Å². The predicted molar refractivity (Wildman–Crippen MR) is 77.2 cm³/mol. The van der Waals surface area contributed by atoms with Gasteiger partial charge in [0.25, 0.3) is 0 Å². The van der Waals surface area contributed by atoms with Crippen LogP contribution in [-0.4, -0.2) is 24.7 Å². The van der Waals surface area contributed by atoms with Crippen molar-refractivity contribution in [1.82, 2.24) is 10.6 Å². The number of nitrogens with one attached hydrogen (secondary N) is 2. The summed E-state index contributed by atoms with van der Waals surface area (Å²) in [5, 5.41) is 16.5. The van der Waals surface area contributed by atoms with Gasteiger partial charge in [0, 0.05) is 25.7 Å². The summed E-state index contributed by atoms with van der Waals surface area (Å²) in [5.74, 6) is 0.392. The molecular weight excluding hydrogens is 418 g/mol. The van der Waals surface area contributed by atoms with Crippen molar-refractivity contribution in [1.29, 1.82) is 0 Å². The molecule has 3 nitrogen and oxygen atoms in total. The minimum atomic E-state index is 0.362. The van der Waals surface area contributed by atoms with Crippen LogP contribution in [0.2, 0.25) is 0 Å². The highest BCUT2D eigenvalue weighted by Crippen LogP contribution is 2.29. The molecule has 1 aromatic rings. The molecule has 15 heavy (non-hydrogen) atoms. The van der Waals surface area contributed by atoms with Gasteiger partial charge in [0.15, 0.2) is 0 Å². The van der Waals surface area contributed by atoms with Gasteiger partial charge in [0.05, 0.1) is 7.14 Å². The van der Waals surface area contributed by atoms with Gasteiger partial charge in [-0.1, -0.05) is 0 Å². The maximum absolute atomic E-state index is 9.68. The van der Waals surface area contributed by atoms with Crippen molar-refractivity contribution in [2.75, 3.05) is 19.6 Å². The van der Waals surface area contributed by atoms with Crippen molar-refractivity contribution in [3.05, 3.63) is 24.8 Å². The fraction of sp³-hybridized carbons (Fsp3) is 0.400. The standard InChI is InChI=1S/C10H12I2N2O/c11-7-3-6(4-8(12)10(7)15)9-5-13-1-2-14-9/h3-4,9,13-15H,1-2,5H2/t9-/m1/s1. The van der Waals surface area contributed by atoms with Crippen LogP contribution < -0.4 is 10.6 Å². The molecule has 0 aromatic heterocycles. The van der Waals surface area contributed by atoms with Gasteiger partial charge in [0.2, 0.25) is 0 Å². The van der Waals surface area contributed by atoms with E-state index in [1.807, 2.05) is 12.1 Å². The molecule has 0 unspecified atom stereocenters. The SMILES string of the molecule is Oc1c(I)cc([C@H]2CNCCN2)cc1I. The summed E-state index contributed by atoms with van der Waals surface area (Å²) in [4.78, 5) is 0. The highest BCUT2D eigenvalue weighted by Gasteiger charge is 2.16. The third kappa shape index (κ3) is 2.75. The Labute approximate surface area is 116 Å². The van der Waals surface area contributed by atoms with Gasteiger partial charge in [-0.2, -0.15) is 0 Å². The van der Waals surface area contributed by atoms with Gasteiger partial charge >= 0.3 is 0 Å². The van der Waals surface area contributed by atoms with Crippen LogP contribution >= 0.6 is 45.2 Å². The van der Waals surface area contributed by atoms with Gasteiger partial charge in [0.1, 0.15) is 5.75 Å². The molecular formula is C10H12I2N2O. The topological polar surface area (TPSA) is 44.3 Å². The fourth-order valence-corrected chi connectivity index (χ4v) is 3.49. The minimum absolute atomic E-state index is 0.362. The maximum atomic E-state index is 9.68. The number of rotatable bonds is 1. The highest BCUT2D eigenvalue weighted by molar-refractivity contribution is 14.1. The second kappa shape index (κ2) is 5.15. The van der Waals surface area contributed by atoms with Crippen LogP contribution in [0.4, 0.5) is 0 Å². The molecule has 1 aliphatic rings. The van der Waals surface area contributed by atoms with E-state index in [1.54, 1.807) is 0 Å². The number of hydrogen-bond donors (Lipinski definition) is 3. The first-order valence-corrected chi connectivity index (χ1v) is 6.96. The quantitative estimate of drug-likeness (QED) is 0.597. The summed E-state index contributed by atoms with van der Waals surface area (Å²) in [6.45, 7) is 2.98. The zero-order chi connectivity index (χ0) is 10.8. The van der Waals surface area contributed by atoms with Crippen LogP contribution in [0.25, 0.3) is 0 Å². The Morgan fingerprint density at radius 1 is 1.20 bits per heavy atom. The van der Waals surface area contributed by atoms with Gasteiger partial charge < -0.3 is 15.7 Å². The largest absolute Gasteiger partial charge is 0.506 e. The third-order valence-corrected chi connectivity index (χ3v) is 4.13. The smallest absolute Gasteiger partial charge is 0.142 e. The normalized spacial score (nSPS) is 21.6. The first kappa shape index (κ1) is 11.9. The molecule has 1 heterocycles. The molecule has 0 bridgehead atoms. The van der Waals surface area contributed by atoms with E-state index in [2.05, 4.69) is 55.8 Å². The summed E-state index contributed by atoms with van der Waals surface area (Å²) in [5.41, 5.74) is 1.24. The van der Waals surface area contributed by atoms with Gasteiger partial charge in [-0.15, -0.1) is 0 Å². The Bertz CT molecular complexity index is 341. The molecule has 1 saturated heterocycles. The Morgan fingerprint density at radius 2 is 1.87 bits per heavy atom. The minimum Gasteiger partial charge on any atom is -0.506 e. The first-order chi connectivity index (χ1) is 7.18. The van der Waals surface area contributed by atoms with E-state index in [4.69, 9.17) is 0 Å². The molecule has 0 amide bonds. The Hall–Kier alpha value is 0.400. The molecule has 0 radical (unpaired) electrons. The van der Waals surface area contributed by atoms with Crippen LogP contribution in [-0.2, 0) is 0 Å². The molecule has 82 valence electrons. The van der Waals surface area contributed by atoms with E-state index in [1.165, 1.54) is 5.56 Å². The molecule has 5 heteroatoms. The second-order valence-electron chi connectivity index (χ2n) is 3.54. The Kier molecular flexibility index (Phi) is 4.08. The lowest BCUT2D eigenvalue weighted by molar-refractivity contribution is 0.428. The fourth-order valence-electron chi connectivity index (χ4n) is 1.68. The van der Waals surface area contributed by atoms with Crippen LogP contribution in [0, 0.1) is 7.14 Å². The number of piperazine rings is 1. The first-order valence-electron chi connectivity index (χ1n) is 4.80. The average molecular weight is 430 g/mol. The zero-order valence-electron chi connectivity index (χ0n) is 8.06. The second-order valence-corrected chi connectivity index (χ2v) is 5.87. The van der Waals surface area contributed by atoms with Crippen molar-refractivity contribution in [3.63, 3.8) is 0 Å². The molecule has 2 rings (SSSR count). The number of phenolic OH excluding ortho intramolecular Hbond substituents is 1. The average Bonchev–Trinajstić information content (AvgIpc) is 2.26. The van der Waals surface area contributed by atoms with Crippen molar-refractivity contribution in [2.45, 2.75) is 6.04 Å². The number of aromatic hydroxyl groups is 1. The molecule has 1 aromatic carbocycles. The van der Waals surface area contributed by atoms with Crippen molar-refractivity contribution in [2.24, 2.45) is 0 Å². The maximum Gasteiger partial charge on any atom is 0.142 e. The predicted octanol–water partition coefficient (Wildman–Crippen LogP) is 1.84. The lowest BCUT2D eigenvalue weighted by Gasteiger charge is -2.25. The van der Waals surface area contributed by atoms with Crippen molar-refractivity contribution < 1.29 is 5.11 Å². The lowest BCUT2D eigenvalue weighted by atomic mass is 10.1. The number of halogens is 2. The van der Waals surface area contributed by atoms with Crippen LogP contribution in [0.15, 0.2) is 12.1 Å². The molecule has 0 spiro atoms. The lowest BCUT2D eigenvalue weighted by Crippen LogP contribution is -2.42. The molecule has 0 saturated carbocycles. The molecule has 1 aliphatic heterocycles. The van der Waals surface area contributed by atoms with Crippen LogP contribution in [0.3, 0.4) is 0 Å². The van der Waals surface area contributed by atoms with E-state index in [-0.39, 0.29) is 0 Å². The molecule has 0 aliphatic carbocycles. The highest BCUT2D eigenvalue weighted by atomic mass is 127. The number of phenols is 1. The van der Waals surface area contributed by atoms with Crippen molar-refractivity contribution in [3.8, 4) is 5.75 Å². The van der Waals surface area contributed by atoms with E-state index >= 15 is 0 Å². The molecule has 1 atom stereocenters. The van der Waals surface area contributed by atoms with E-state index in [0.29, 0.717) is 11.8 Å². The van der Waals surface area contributed by atoms with Gasteiger partial charge in [-0.05, 0) is 62.9 Å². The zero-order valence-corrected chi connectivity index (χ0v) is 12.4. The summed E-state index contributed by atoms with van der Waals surface area (Å²) < 4.78 is 1.84. The van der Waals surface area contributed by atoms with Gasteiger partial charge in [-0.25, -0.2) is 0 Å². The van der Waals surface area contributed by atoms with Crippen LogP contribution in [0.5, 0.6) is 5.75 Å². The Balaban J connectivity index is 2.27. The number of benzene rings is 1. The van der Waals surface area contributed by atoms with E-state index < -0.39 is 0 Å². The number of hydrogen-bond acceptors (Lipinski definition) is 3. The summed E-state index contributed by atoms with van der Waals surface area (Å²) in [6, 6.07) is 4.45. The summed E-state index contributed by atoms with van der Waals surface area (Å²) >= 11 is 4.34. The summed E-state index contributed by atoms with van der Waals surface area (Å²) in [6.07, 6.45) is 0. The van der Waals surface area contributed by atoms with E-state index in [9.17, 15) is 5.11 Å². The van der Waals surface area contributed by atoms with Crippen LogP contribution in [0.1, 0.15) is 11.6 Å². The molecule has 3 N–H and O–H groups in total. The molecule has 1 fully saturated rings. The third-order valence-electron chi connectivity index (χ3n) is 2.48. The van der Waals surface area contributed by atoms with Crippen molar-refractivity contribution >= 4 is 45.2 Å². The monoisotopic (exact) mass is 430 g/mol. The van der Waals surface area contributed by atoms with E-state index in [0.717, 1.165) is 26.8 Å². The summed E-state index contributed by atoms with van der Waals surface area (Å²) in [7, 11) is 0. The Morgan fingerprint density at radius 3 is 2.40 bits per heavy atom.